The second-order valence-corrected chi connectivity index (χ2v) is 8.03. The van der Waals surface area contributed by atoms with Crippen LogP contribution < -0.4 is 16.2 Å². The highest BCUT2D eigenvalue weighted by Gasteiger charge is 2.30. The van der Waals surface area contributed by atoms with Gasteiger partial charge in [0.05, 0.1) is 6.04 Å². The maximum atomic E-state index is 13.1. The summed E-state index contributed by atoms with van der Waals surface area (Å²) in [5.41, 5.74) is 9.95. The highest BCUT2D eigenvalue weighted by Crippen LogP contribution is 2.27. The summed E-state index contributed by atoms with van der Waals surface area (Å²) >= 11 is 0. The maximum absolute atomic E-state index is 13.1. The Balaban J connectivity index is 1.43. The van der Waals surface area contributed by atoms with Crippen LogP contribution >= 0.6 is 0 Å². The van der Waals surface area contributed by atoms with Gasteiger partial charge in [-0.05, 0) is 48.6 Å². The van der Waals surface area contributed by atoms with Crippen molar-refractivity contribution in [2.45, 2.75) is 24.8 Å². The first kappa shape index (κ1) is 19.1. The lowest BCUT2D eigenvalue weighted by Crippen LogP contribution is -2.35. The third-order valence-corrected chi connectivity index (χ3v) is 6.01. The van der Waals surface area contributed by atoms with Crippen molar-refractivity contribution in [3.05, 3.63) is 71.3 Å². The van der Waals surface area contributed by atoms with Crippen LogP contribution in [-0.2, 0) is 0 Å². The number of nitrogens with zero attached hydrogens (tertiary/aromatic N) is 1. The summed E-state index contributed by atoms with van der Waals surface area (Å²) in [5, 5.41) is 3.46. The molecule has 148 valence electrons. The smallest absolute Gasteiger partial charge is 0.253 e. The van der Waals surface area contributed by atoms with E-state index in [1.165, 1.54) is 24.0 Å². The van der Waals surface area contributed by atoms with E-state index in [9.17, 15) is 4.79 Å². The van der Waals surface area contributed by atoms with Crippen molar-refractivity contribution in [3.63, 3.8) is 0 Å². The largest absolute Gasteiger partial charge is 0.341 e. The number of hydrogen-bond acceptors (Lipinski definition) is 4. The molecular formula is C23H30N4O. The van der Waals surface area contributed by atoms with Crippen molar-refractivity contribution in [3.8, 4) is 0 Å². The zero-order valence-corrected chi connectivity index (χ0v) is 16.5. The van der Waals surface area contributed by atoms with Crippen LogP contribution in [0.1, 0.15) is 46.3 Å². The molecule has 3 N–H and O–H groups in total. The molecule has 2 aliphatic rings. The van der Waals surface area contributed by atoms with E-state index < -0.39 is 0 Å². The lowest BCUT2D eigenvalue weighted by Gasteiger charge is -2.26. The fourth-order valence-electron chi connectivity index (χ4n) is 4.44. The molecule has 28 heavy (non-hydrogen) atoms. The number of piperidine rings is 1. The normalized spacial score (nSPS) is 24.8. The number of hydrogen-bond donors (Lipinski definition) is 3. The first-order valence-corrected chi connectivity index (χ1v) is 10.3. The number of nitrogens with one attached hydrogen (secondary N) is 3. The Morgan fingerprint density at radius 3 is 2.68 bits per heavy atom. The predicted octanol–water partition coefficient (Wildman–Crippen LogP) is 2.69. The predicted molar refractivity (Wildman–Crippen MR) is 112 cm³/mol. The average molecular weight is 379 g/mol. The van der Waals surface area contributed by atoms with Gasteiger partial charge in [-0.2, -0.15) is 0 Å². The Morgan fingerprint density at radius 1 is 1.07 bits per heavy atom. The van der Waals surface area contributed by atoms with Gasteiger partial charge in [-0.1, -0.05) is 42.5 Å². The molecule has 0 radical (unpaired) electrons. The highest BCUT2D eigenvalue weighted by molar-refractivity contribution is 5.94. The summed E-state index contributed by atoms with van der Waals surface area (Å²) in [4.78, 5) is 14.9. The highest BCUT2D eigenvalue weighted by atomic mass is 16.2. The summed E-state index contributed by atoms with van der Waals surface area (Å²) in [7, 11) is 1.91. The molecule has 4 rings (SSSR count). The minimum atomic E-state index is 0.101. The van der Waals surface area contributed by atoms with Crippen molar-refractivity contribution in [1.82, 2.24) is 21.1 Å². The Hall–Kier alpha value is -2.21. The Kier molecular flexibility index (Phi) is 6.05. The second kappa shape index (κ2) is 8.86. The topological polar surface area (TPSA) is 56.4 Å². The lowest BCUT2D eigenvalue weighted by atomic mass is 9.90. The number of carbonyl (C=O) groups is 1. The zero-order valence-electron chi connectivity index (χ0n) is 16.5. The molecule has 2 fully saturated rings. The van der Waals surface area contributed by atoms with Crippen LogP contribution in [0.3, 0.4) is 0 Å². The molecule has 3 atom stereocenters. The molecule has 0 spiro atoms. The van der Waals surface area contributed by atoms with Crippen LogP contribution in [0.2, 0.25) is 0 Å². The molecule has 2 aromatic rings. The summed E-state index contributed by atoms with van der Waals surface area (Å²) in [6.07, 6.45) is 2.39. The van der Waals surface area contributed by atoms with Crippen LogP contribution in [-0.4, -0.2) is 44.0 Å². The van der Waals surface area contributed by atoms with E-state index in [0.29, 0.717) is 18.4 Å². The number of hydrazine groups is 1. The quantitative estimate of drug-likeness (QED) is 0.749. The zero-order chi connectivity index (χ0) is 19.3. The van der Waals surface area contributed by atoms with E-state index in [4.69, 9.17) is 0 Å². The van der Waals surface area contributed by atoms with Gasteiger partial charge in [-0.25, -0.2) is 5.43 Å². The van der Waals surface area contributed by atoms with Gasteiger partial charge in [-0.3, -0.25) is 10.2 Å². The van der Waals surface area contributed by atoms with Crippen LogP contribution in [0.15, 0.2) is 54.6 Å². The molecule has 0 bridgehead atoms. The van der Waals surface area contributed by atoms with Gasteiger partial charge in [0, 0.05) is 38.2 Å². The monoisotopic (exact) mass is 378 g/mol. The van der Waals surface area contributed by atoms with E-state index >= 15 is 0 Å². The number of rotatable bonds is 5. The second-order valence-electron chi connectivity index (χ2n) is 8.03. The molecule has 2 aromatic carbocycles. The number of amides is 1. The van der Waals surface area contributed by atoms with Crippen LogP contribution in [0.25, 0.3) is 0 Å². The van der Waals surface area contributed by atoms with E-state index in [2.05, 4.69) is 52.6 Å². The molecule has 3 unspecified atom stereocenters. The third-order valence-electron chi connectivity index (χ3n) is 6.01. The van der Waals surface area contributed by atoms with Crippen molar-refractivity contribution in [2.24, 2.45) is 5.92 Å². The van der Waals surface area contributed by atoms with Gasteiger partial charge in [0.25, 0.3) is 5.91 Å². The van der Waals surface area contributed by atoms with Crippen molar-refractivity contribution in [2.75, 3.05) is 33.2 Å². The van der Waals surface area contributed by atoms with Gasteiger partial charge in [-0.15, -0.1) is 0 Å². The molecule has 0 saturated carbocycles. The molecule has 5 heteroatoms. The minimum absolute atomic E-state index is 0.101. The lowest BCUT2D eigenvalue weighted by molar-refractivity contribution is 0.0771. The maximum Gasteiger partial charge on any atom is 0.253 e. The Bertz CT molecular complexity index is 788. The molecule has 2 heterocycles. The van der Waals surface area contributed by atoms with E-state index in [-0.39, 0.29) is 11.9 Å². The average Bonchev–Trinajstić information content (AvgIpc) is 3.22. The first-order valence-electron chi connectivity index (χ1n) is 10.3. The van der Waals surface area contributed by atoms with Gasteiger partial charge in [0.1, 0.15) is 0 Å². The summed E-state index contributed by atoms with van der Waals surface area (Å²) in [6.45, 7) is 3.67. The van der Waals surface area contributed by atoms with Gasteiger partial charge >= 0.3 is 0 Å². The summed E-state index contributed by atoms with van der Waals surface area (Å²) in [6, 6.07) is 18.9. The number of carbonyl (C=O) groups excluding carboxylic acids is 1. The van der Waals surface area contributed by atoms with Gasteiger partial charge in [0.2, 0.25) is 0 Å². The number of benzene rings is 2. The van der Waals surface area contributed by atoms with Crippen molar-refractivity contribution in [1.29, 1.82) is 0 Å². The van der Waals surface area contributed by atoms with E-state index in [1.807, 2.05) is 30.1 Å². The first-order chi connectivity index (χ1) is 13.7. The summed E-state index contributed by atoms with van der Waals surface area (Å²) in [5.74, 6) is 0.948. The molecule has 2 saturated heterocycles. The van der Waals surface area contributed by atoms with Crippen LogP contribution in [0.4, 0.5) is 0 Å². The molecule has 0 aliphatic carbocycles. The molecule has 5 nitrogen and oxygen atoms in total. The van der Waals surface area contributed by atoms with Crippen molar-refractivity contribution >= 4 is 5.91 Å². The fourth-order valence-corrected chi connectivity index (χ4v) is 4.44. The standard InChI is InChI=1S/C23H30N4O/c1-27(16-21-15-25-26-22(21)17-7-3-2-4-8-17)23(28)19-10-5-9-18(13-19)20-11-6-12-24-14-20/h2-5,7-10,13,20-22,24-26H,6,11-12,14-16H2,1H3. The minimum Gasteiger partial charge on any atom is -0.341 e. The Morgan fingerprint density at radius 2 is 1.89 bits per heavy atom. The van der Waals surface area contributed by atoms with Crippen molar-refractivity contribution < 1.29 is 4.79 Å². The van der Waals surface area contributed by atoms with Crippen LogP contribution in [0, 0.1) is 5.92 Å². The molecule has 2 aliphatic heterocycles. The Labute approximate surface area is 167 Å². The molecule has 0 aromatic heterocycles. The summed E-state index contributed by atoms with van der Waals surface area (Å²) < 4.78 is 0. The molecular weight excluding hydrogens is 348 g/mol. The SMILES string of the molecule is CN(CC1CNNC1c1ccccc1)C(=O)c1cccc(C2CCCNC2)c1. The van der Waals surface area contributed by atoms with Gasteiger partial charge in [0.15, 0.2) is 0 Å². The van der Waals surface area contributed by atoms with E-state index in [1.54, 1.807) is 0 Å². The van der Waals surface area contributed by atoms with Gasteiger partial charge < -0.3 is 10.2 Å². The third kappa shape index (κ3) is 4.27. The van der Waals surface area contributed by atoms with E-state index in [0.717, 1.165) is 25.2 Å². The fraction of sp³-hybridized carbons (Fsp3) is 0.435. The van der Waals surface area contributed by atoms with Crippen LogP contribution in [0.5, 0.6) is 0 Å². The molecule has 1 amide bonds.